The van der Waals surface area contributed by atoms with E-state index in [4.69, 9.17) is 4.74 Å². The molecule has 14 heavy (non-hydrogen) atoms. The van der Waals surface area contributed by atoms with E-state index in [2.05, 4.69) is 5.32 Å². The number of para-hydroxylation sites is 1. The van der Waals surface area contributed by atoms with E-state index in [1.54, 1.807) is 0 Å². The van der Waals surface area contributed by atoms with Gasteiger partial charge in [-0.2, -0.15) is 0 Å². The largest absolute Gasteiger partial charge is 0.467 e. The molecule has 2 atom stereocenters. The highest BCUT2D eigenvalue weighted by Crippen LogP contribution is 2.35. The molecule has 2 unspecified atom stereocenters. The van der Waals surface area contributed by atoms with Crippen molar-refractivity contribution in [3.8, 4) is 0 Å². The van der Waals surface area contributed by atoms with Gasteiger partial charge < -0.3 is 10.1 Å². The van der Waals surface area contributed by atoms with E-state index in [-0.39, 0.29) is 17.9 Å². The standard InChI is InChI=1S/C11H13NO2/c1-7-8-5-3-4-6-9(8)12-10(7)11(13)14-2/h3-7,10,12H,1-2H3. The molecular weight excluding hydrogens is 178 g/mol. The van der Waals surface area contributed by atoms with E-state index >= 15 is 0 Å². The molecule has 1 aromatic carbocycles. The van der Waals surface area contributed by atoms with Crippen LogP contribution in [0.5, 0.6) is 0 Å². The van der Waals surface area contributed by atoms with E-state index in [0.29, 0.717) is 0 Å². The zero-order valence-corrected chi connectivity index (χ0v) is 8.28. The molecule has 0 radical (unpaired) electrons. The van der Waals surface area contributed by atoms with E-state index in [1.807, 2.05) is 31.2 Å². The molecule has 1 aliphatic heterocycles. The van der Waals surface area contributed by atoms with Crippen LogP contribution in [0.4, 0.5) is 5.69 Å². The van der Waals surface area contributed by atoms with Crippen molar-refractivity contribution < 1.29 is 9.53 Å². The van der Waals surface area contributed by atoms with Crippen LogP contribution in [0, 0.1) is 0 Å². The summed E-state index contributed by atoms with van der Waals surface area (Å²) in [5.74, 6) is -0.0210. The van der Waals surface area contributed by atoms with Crippen LogP contribution in [0.1, 0.15) is 18.4 Å². The number of fused-ring (bicyclic) bond motifs is 1. The molecule has 1 heterocycles. The Balaban J connectivity index is 2.30. The van der Waals surface area contributed by atoms with Crippen molar-refractivity contribution in [2.75, 3.05) is 12.4 Å². The first-order valence-corrected chi connectivity index (χ1v) is 4.67. The van der Waals surface area contributed by atoms with Gasteiger partial charge in [-0.25, -0.2) is 4.79 Å². The first-order valence-electron chi connectivity index (χ1n) is 4.67. The second-order valence-corrected chi connectivity index (χ2v) is 3.52. The number of hydrogen-bond donors (Lipinski definition) is 1. The van der Waals surface area contributed by atoms with Crippen LogP contribution in [0.25, 0.3) is 0 Å². The average molecular weight is 191 g/mol. The van der Waals surface area contributed by atoms with Gasteiger partial charge in [0.2, 0.25) is 0 Å². The average Bonchev–Trinajstić information content (AvgIpc) is 2.56. The maximum absolute atomic E-state index is 11.4. The summed E-state index contributed by atoms with van der Waals surface area (Å²) in [6, 6.07) is 7.72. The number of benzene rings is 1. The Bertz CT molecular complexity index is 362. The predicted octanol–water partition coefficient (Wildman–Crippen LogP) is 1.76. The molecule has 0 saturated heterocycles. The van der Waals surface area contributed by atoms with Crippen molar-refractivity contribution in [2.24, 2.45) is 0 Å². The van der Waals surface area contributed by atoms with E-state index in [0.717, 1.165) is 5.69 Å². The normalized spacial score (nSPS) is 23.9. The third-order valence-electron chi connectivity index (χ3n) is 2.72. The number of methoxy groups -OCH3 is 1. The van der Waals surface area contributed by atoms with Crippen LogP contribution in [-0.4, -0.2) is 19.1 Å². The number of esters is 1. The van der Waals surface area contributed by atoms with Crippen LogP contribution in [0.3, 0.4) is 0 Å². The highest BCUT2D eigenvalue weighted by Gasteiger charge is 2.34. The van der Waals surface area contributed by atoms with E-state index < -0.39 is 0 Å². The van der Waals surface area contributed by atoms with Crippen molar-refractivity contribution in [2.45, 2.75) is 18.9 Å². The third-order valence-corrected chi connectivity index (χ3v) is 2.72. The second kappa shape index (κ2) is 3.33. The maximum Gasteiger partial charge on any atom is 0.328 e. The quantitative estimate of drug-likeness (QED) is 0.687. The predicted molar refractivity (Wildman–Crippen MR) is 54.3 cm³/mol. The van der Waals surface area contributed by atoms with Crippen molar-refractivity contribution in [1.82, 2.24) is 0 Å². The van der Waals surface area contributed by atoms with Gasteiger partial charge in [0.25, 0.3) is 0 Å². The Morgan fingerprint density at radius 3 is 2.79 bits per heavy atom. The summed E-state index contributed by atoms with van der Waals surface area (Å²) in [4.78, 5) is 11.4. The van der Waals surface area contributed by atoms with Gasteiger partial charge in [0, 0.05) is 11.6 Å². The molecule has 1 aromatic rings. The molecule has 0 aromatic heterocycles. The second-order valence-electron chi connectivity index (χ2n) is 3.52. The van der Waals surface area contributed by atoms with Gasteiger partial charge in [0.15, 0.2) is 0 Å². The molecule has 0 bridgehead atoms. The molecule has 0 aliphatic carbocycles. The van der Waals surface area contributed by atoms with Crippen LogP contribution >= 0.6 is 0 Å². The fourth-order valence-electron chi connectivity index (χ4n) is 1.89. The molecule has 1 aliphatic rings. The number of rotatable bonds is 1. The summed E-state index contributed by atoms with van der Waals surface area (Å²) >= 11 is 0. The van der Waals surface area contributed by atoms with Crippen molar-refractivity contribution in [3.63, 3.8) is 0 Å². The number of hydrogen-bond acceptors (Lipinski definition) is 3. The highest BCUT2D eigenvalue weighted by atomic mass is 16.5. The summed E-state index contributed by atoms with van der Waals surface area (Å²) in [5.41, 5.74) is 2.22. The van der Waals surface area contributed by atoms with E-state index in [9.17, 15) is 4.79 Å². The van der Waals surface area contributed by atoms with Crippen molar-refractivity contribution in [3.05, 3.63) is 29.8 Å². The molecule has 0 amide bonds. The lowest BCUT2D eigenvalue weighted by Gasteiger charge is -2.13. The van der Waals surface area contributed by atoms with E-state index in [1.165, 1.54) is 12.7 Å². The summed E-state index contributed by atoms with van der Waals surface area (Å²) < 4.78 is 4.73. The Hall–Kier alpha value is -1.51. The smallest absolute Gasteiger partial charge is 0.328 e. The van der Waals surface area contributed by atoms with Crippen LogP contribution in [-0.2, 0) is 9.53 Å². The first-order chi connectivity index (χ1) is 6.74. The maximum atomic E-state index is 11.4. The Labute approximate surface area is 83.1 Å². The van der Waals surface area contributed by atoms with Gasteiger partial charge in [-0.05, 0) is 11.6 Å². The first kappa shape index (κ1) is 9.06. The molecular formula is C11H13NO2. The molecule has 2 rings (SSSR count). The van der Waals surface area contributed by atoms with Gasteiger partial charge in [-0.3, -0.25) is 0 Å². The Morgan fingerprint density at radius 1 is 1.43 bits per heavy atom. The number of carbonyl (C=O) groups is 1. The summed E-state index contributed by atoms with van der Waals surface area (Å²) in [6.07, 6.45) is 0. The number of ether oxygens (including phenoxy) is 1. The van der Waals surface area contributed by atoms with Crippen LogP contribution in [0.15, 0.2) is 24.3 Å². The minimum Gasteiger partial charge on any atom is -0.467 e. The van der Waals surface area contributed by atoms with Crippen LogP contribution in [0.2, 0.25) is 0 Å². The zero-order chi connectivity index (χ0) is 10.1. The van der Waals surface area contributed by atoms with Gasteiger partial charge >= 0.3 is 5.97 Å². The lowest BCUT2D eigenvalue weighted by Crippen LogP contribution is -2.30. The fourth-order valence-corrected chi connectivity index (χ4v) is 1.89. The highest BCUT2D eigenvalue weighted by molar-refractivity contribution is 5.84. The topological polar surface area (TPSA) is 38.3 Å². The fraction of sp³-hybridized carbons (Fsp3) is 0.364. The van der Waals surface area contributed by atoms with Crippen molar-refractivity contribution in [1.29, 1.82) is 0 Å². The number of nitrogens with one attached hydrogen (secondary N) is 1. The molecule has 0 fully saturated rings. The Kier molecular flexibility index (Phi) is 2.15. The summed E-state index contributed by atoms with van der Waals surface area (Å²) in [6.45, 7) is 2.03. The Morgan fingerprint density at radius 2 is 2.14 bits per heavy atom. The molecule has 3 nitrogen and oxygen atoms in total. The summed E-state index contributed by atoms with van der Waals surface area (Å²) in [7, 11) is 1.42. The van der Waals surface area contributed by atoms with Gasteiger partial charge in [-0.15, -0.1) is 0 Å². The van der Waals surface area contributed by atoms with Gasteiger partial charge in [0.05, 0.1) is 7.11 Å². The molecule has 0 saturated carbocycles. The SMILES string of the molecule is COC(=O)C1Nc2ccccc2C1C. The van der Waals surface area contributed by atoms with Crippen LogP contribution < -0.4 is 5.32 Å². The lowest BCUT2D eigenvalue weighted by molar-refractivity contribution is -0.141. The van der Waals surface area contributed by atoms with Crippen molar-refractivity contribution >= 4 is 11.7 Å². The number of carbonyl (C=O) groups excluding carboxylic acids is 1. The molecule has 1 N–H and O–H groups in total. The monoisotopic (exact) mass is 191 g/mol. The minimum absolute atomic E-state index is 0.179. The summed E-state index contributed by atoms with van der Waals surface area (Å²) in [5, 5.41) is 3.16. The molecule has 3 heteroatoms. The van der Waals surface area contributed by atoms with Gasteiger partial charge in [0.1, 0.15) is 6.04 Å². The van der Waals surface area contributed by atoms with Gasteiger partial charge in [-0.1, -0.05) is 25.1 Å². The minimum atomic E-state index is -0.239. The zero-order valence-electron chi connectivity index (χ0n) is 8.28. The lowest BCUT2D eigenvalue weighted by atomic mass is 9.97. The number of anilines is 1. The third kappa shape index (κ3) is 1.25. The molecule has 74 valence electrons. The molecule has 0 spiro atoms.